The number of anilines is 1. The van der Waals surface area contributed by atoms with Crippen molar-refractivity contribution in [1.82, 2.24) is 19.6 Å². The molecule has 4 rings (SSSR count). The van der Waals surface area contributed by atoms with Crippen molar-refractivity contribution >= 4 is 22.5 Å². The third kappa shape index (κ3) is 1.48. The zero-order chi connectivity index (χ0) is 12.8. The summed E-state index contributed by atoms with van der Waals surface area (Å²) in [6.45, 7) is 0. The molecule has 0 radical (unpaired) electrons. The molecule has 0 aliphatic heterocycles. The molecule has 5 heteroatoms. The number of nitrogens with zero attached hydrogens (tertiary/aromatic N) is 3. The van der Waals surface area contributed by atoms with Gasteiger partial charge in [0.2, 0.25) is 0 Å². The molecule has 0 aliphatic rings. The summed E-state index contributed by atoms with van der Waals surface area (Å²) in [6.07, 6.45) is 0. The maximum Gasteiger partial charge on any atom is 0.252 e. The van der Waals surface area contributed by atoms with Crippen LogP contribution >= 0.6 is 0 Å². The molecule has 2 aromatic carbocycles. The van der Waals surface area contributed by atoms with Gasteiger partial charge in [0.25, 0.3) is 5.78 Å². The van der Waals surface area contributed by atoms with Crippen LogP contribution in [0.3, 0.4) is 0 Å². The fourth-order valence-electron chi connectivity index (χ4n) is 2.20. The first-order valence-corrected chi connectivity index (χ1v) is 6.00. The van der Waals surface area contributed by atoms with Crippen molar-refractivity contribution in [2.75, 3.05) is 5.73 Å². The molecule has 0 unspecified atom stereocenters. The fourth-order valence-corrected chi connectivity index (χ4v) is 2.20. The number of nitrogens with two attached hydrogens (primary N) is 1. The van der Waals surface area contributed by atoms with E-state index in [4.69, 9.17) is 5.73 Å². The molecule has 0 spiro atoms. The molecule has 19 heavy (non-hydrogen) atoms. The normalized spacial score (nSPS) is 11.4. The lowest BCUT2D eigenvalue weighted by molar-refractivity contribution is 1.01. The van der Waals surface area contributed by atoms with Crippen LogP contribution in [0.2, 0.25) is 0 Å². The highest BCUT2D eigenvalue weighted by Gasteiger charge is 2.09. The number of hydrogen-bond donors (Lipinski definition) is 2. The molecular formula is C14H11N5. The van der Waals surface area contributed by atoms with E-state index in [2.05, 4.69) is 15.1 Å². The van der Waals surface area contributed by atoms with Gasteiger partial charge < -0.3 is 5.73 Å². The van der Waals surface area contributed by atoms with Gasteiger partial charge in [0, 0.05) is 11.3 Å². The maximum absolute atomic E-state index is 5.69. The van der Waals surface area contributed by atoms with E-state index in [1.54, 1.807) is 0 Å². The predicted molar refractivity (Wildman–Crippen MR) is 74.7 cm³/mol. The first-order chi connectivity index (χ1) is 9.31. The summed E-state index contributed by atoms with van der Waals surface area (Å²) in [5.74, 6) is 1.46. The first-order valence-electron chi connectivity index (χ1n) is 6.00. The number of fused-ring (bicyclic) bond motifs is 3. The van der Waals surface area contributed by atoms with E-state index in [-0.39, 0.29) is 0 Å². The van der Waals surface area contributed by atoms with Crippen LogP contribution in [0.15, 0.2) is 48.5 Å². The highest BCUT2D eigenvalue weighted by Crippen LogP contribution is 2.20. The zero-order valence-corrected chi connectivity index (χ0v) is 10.0. The Bertz CT molecular complexity index is 870. The van der Waals surface area contributed by atoms with E-state index in [1.807, 2.05) is 53.0 Å². The quantitative estimate of drug-likeness (QED) is 0.509. The first kappa shape index (κ1) is 10.1. The average Bonchev–Trinajstić information content (AvgIpc) is 2.97. The van der Waals surface area contributed by atoms with Crippen molar-refractivity contribution in [3.8, 4) is 11.4 Å². The summed E-state index contributed by atoms with van der Waals surface area (Å²) in [4.78, 5) is 8.98. The Morgan fingerprint density at radius 1 is 0.947 bits per heavy atom. The van der Waals surface area contributed by atoms with E-state index in [1.165, 1.54) is 0 Å². The monoisotopic (exact) mass is 249 g/mol. The van der Waals surface area contributed by atoms with Crippen LogP contribution in [-0.4, -0.2) is 19.6 Å². The van der Waals surface area contributed by atoms with Crippen LogP contribution in [0.4, 0.5) is 5.69 Å². The van der Waals surface area contributed by atoms with Gasteiger partial charge in [-0.1, -0.05) is 12.1 Å². The summed E-state index contributed by atoms with van der Waals surface area (Å²) < 4.78 is 1.89. The predicted octanol–water partition coefficient (Wildman–Crippen LogP) is 2.46. The van der Waals surface area contributed by atoms with Gasteiger partial charge in [-0.15, -0.1) is 0 Å². The Morgan fingerprint density at radius 3 is 2.58 bits per heavy atom. The van der Waals surface area contributed by atoms with E-state index in [0.29, 0.717) is 5.78 Å². The Labute approximate surface area is 108 Å². The molecule has 0 aliphatic carbocycles. The van der Waals surface area contributed by atoms with E-state index in [0.717, 1.165) is 28.1 Å². The molecule has 2 aromatic heterocycles. The third-order valence-corrected chi connectivity index (χ3v) is 3.16. The summed E-state index contributed by atoms with van der Waals surface area (Å²) in [7, 11) is 0. The van der Waals surface area contributed by atoms with Crippen LogP contribution < -0.4 is 5.73 Å². The van der Waals surface area contributed by atoms with Gasteiger partial charge in [0.1, 0.15) is 0 Å². The zero-order valence-electron chi connectivity index (χ0n) is 10.0. The van der Waals surface area contributed by atoms with Crippen LogP contribution in [0, 0.1) is 0 Å². The lowest BCUT2D eigenvalue weighted by atomic mass is 10.2. The van der Waals surface area contributed by atoms with E-state index < -0.39 is 0 Å². The lowest BCUT2D eigenvalue weighted by Gasteiger charge is -1.97. The Balaban J connectivity index is 1.94. The van der Waals surface area contributed by atoms with Gasteiger partial charge in [-0.3, -0.25) is 5.10 Å². The number of aromatic nitrogens is 4. The number of nitrogens with one attached hydrogen (secondary N) is 1. The van der Waals surface area contributed by atoms with Crippen LogP contribution in [0.1, 0.15) is 0 Å². The van der Waals surface area contributed by atoms with E-state index in [9.17, 15) is 0 Å². The number of rotatable bonds is 1. The van der Waals surface area contributed by atoms with Crippen molar-refractivity contribution in [2.24, 2.45) is 0 Å². The Kier molecular flexibility index (Phi) is 1.91. The average molecular weight is 249 g/mol. The van der Waals surface area contributed by atoms with Crippen LogP contribution in [0.5, 0.6) is 0 Å². The number of benzene rings is 2. The minimum absolute atomic E-state index is 0.674. The Morgan fingerprint density at radius 2 is 1.74 bits per heavy atom. The lowest BCUT2D eigenvalue weighted by Crippen LogP contribution is -1.87. The Hall–Kier alpha value is -2.82. The molecule has 3 N–H and O–H groups in total. The second kappa shape index (κ2) is 3.58. The van der Waals surface area contributed by atoms with Crippen molar-refractivity contribution in [1.29, 1.82) is 0 Å². The molecule has 0 amide bonds. The largest absolute Gasteiger partial charge is 0.399 e. The highest BCUT2D eigenvalue weighted by molar-refractivity contribution is 5.79. The van der Waals surface area contributed by atoms with Crippen LogP contribution in [-0.2, 0) is 0 Å². The number of hydrogen-bond acceptors (Lipinski definition) is 3. The molecule has 0 fully saturated rings. The standard InChI is InChI=1S/C14H11N5/c15-10-7-5-9(6-8-10)13-17-14-16-11-3-1-2-4-12(11)19(14)18-13/h1-8H,15H2,(H,16,17,18). The second-order valence-electron chi connectivity index (χ2n) is 4.43. The third-order valence-electron chi connectivity index (χ3n) is 3.16. The molecule has 0 bridgehead atoms. The van der Waals surface area contributed by atoms with Crippen molar-refractivity contribution in [3.63, 3.8) is 0 Å². The van der Waals surface area contributed by atoms with Gasteiger partial charge in [-0.05, 0) is 36.4 Å². The maximum atomic E-state index is 5.69. The van der Waals surface area contributed by atoms with Gasteiger partial charge in [-0.2, -0.15) is 4.98 Å². The summed E-state index contributed by atoms with van der Waals surface area (Å²) in [5, 5.41) is 3.26. The van der Waals surface area contributed by atoms with Crippen LogP contribution in [0.25, 0.3) is 28.2 Å². The minimum Gasteiger partial charge on any atom is -0.399 e. The molecule has 0 saturated heterocycles. The molecular weight excluding hydrogens is 238 g/mol. The molecule has 2 heterocycles. The molecule has 0 atom stereocenters. The van der Waals surface area contributed by atoms with E-state index >= 15 is 0 Å². The second-order valence-corrected chi connectivity index (χ2v) is 4.43. The van der Waals surface area contributed by atoms with Gasteiger partial charge >= 0.3 is 0 Å². The highest BCUT2D eigenvalue weighted by atomic mass is 15.3. The minimum atomic E-state index is 0.674. The smallest absolute Gasteiger partial charge is 0.252 e. The molecule has 0 saturated carbocycles. The fraction of sp³-hybridized carbons (Fsp3) is 0. The number of aromatic amines is 1. The number of nitrogen functional groups attached to an aromatic ring is 1. The number of imidazole rings is 1. The summed E-state index contributed by atoms with van der Waals surface area (Å²) in [5.41, 5.74) is 9.37. The van der Waals surface area contributed by atoms with Gasteiger partial charge in [0.15, 0.2) is 5.82 Å². The number of H-pyrrole nitrogens is 1. The summed E-state index contributed by atoms with van der Waals surface area (Å²) in [6, 6.07) is 15.5. The van der Waals surface area contributed by atoms with Crippen molar-refractivity contribution in [2.45, 2.75) is 0 Å². The molecule has 4 aromatic rings. The molecule has 5 nitrogen and oxygen atoms in total. The van der Waals surface area contributed by atoms with Crippen molar-refractivity contribution < 1.29 is 0 Å². The van der Waals surface area contributed by atoms with Gasteiger partial charge in [-0.25, -0.2) is 9.50 Å². The SMILES string of the molecule is Nc1ccc(-c2nc3nc4ccccc4n3[nH]2)cc1. The van der Waals surface area contributed by atoms with Gasteiger partial charge in [0.05, 0.1) is 11.0 Å². The van der Waals surface area contributed by atoms with Crippen molar-refractivity contribution in [3.05, 3.63) is 48.5 Å². The number of para-hydroxylation sites is 2. The summed E-state index contributed by atoms with van der Waals surface area (Å²) >= 11 is 0. The molecule has 92 valence electrons. The topological polar surface area (TPSA) is 72.0 Å².